The molecule has 1 aliphatic heterocycles. The van der Waals surface area contributed by atoms with Crippen molar-refractivity contribution in [1.82, 2.24) is 15.5 Å². The van der Waals surface area contributed by atoms with E-state index < -0.39 is 11.8 Å². The molecule has 1 aliphatic rings. The van der Waals surface area contributed by atoms with E-state index in [9.17, 15) is 9.59 Å². The molecule has 1 atom stereocenters. The third-order valence-corrected chi connectivity index (χ3v) is 3.78. The van der Waals surface area contributed by atoms with E-state index in [1.54, 1.807) is 0 Å². The van der Waals surface area contributed by atoms with Crippen LogP contribution >= 0.6 is 0 Å². The van der Waals surface area contributed by atoms with Crippen molar-refractivity contribution in [2.45, 2.75) is 19.4 Å². The number of benzene rings is 1. The quantitative estimate of drug-likeness (QED) is 0.758. The molecule has 0 aromatic heterocycles. The lowest BCUT2D eigenvalue weighted by Crippen LogP contribution is -2.45. The molecule has 0 saturated carbocycles. The molecule has 0 bridgehead atoms. The molecule has 1 heterocycles. The van der Waals surface area contributed by atoms with E-state index in [-0.39, 0.29) is 6.10 Å². The van der Waals surface area contributed by atoms with Crippen LogP contribution in [0.2, 0.25) is 0 Å². The molecule has 2 amide bonds. The molecule has 1 aromatic carbocycles. The molecule has 0 radical (unpaired) electrons. The van der Waals surface area contributed by atoms with Crippen molar-refractivity contribution in [3.63, 3.8) is 0 Å². The Kier molecular flexibility index (Phi) is 7.03. The summed E-state index contributed by atoms with van der Waals surface area (Å²) in [6.45, 7) is 5.93. The van der Waals surface area contributed by atoms with Crippen LogP contribution in [0.5, 0.6) is 0 Å². The molecule has 0 spiro atoms. The zero-order valence-electron chi connectivity index (χ0n) is 13.6. The number of carbonyl (C=O) groups excluding carboxylic acids is 2. The number of nitrogens with one attached hydrogen (secondary N) is 2. The Bertz CT molecular complexity index is 507. The van der Waals surface area contributed by atoms with Gasteiger partial charge >= 0.3 is 11.8 Å². The van der Waals surface area contributed by atoms with Gasteiger partial charge in [-0.05, 0) is 12.0 Å². The van der Waals surface area contributed by atoms with Crippen molar-refractivity contribution in [2.75, 3.05) is 39.3 Å². The van der Waals surface area contributed by atoms with Crippen molar-refractivity contribution in [1.29, 1.82) is 0 Å². The highest BCUT2D eigenvalue weighted by molar-refractivity contribution is 6.35. The molecule has 2 N–H and O–H groups in total. The first-order valence-corrected chi connectivity index (χ1v) is 8.15. The van der Waals surface area contributed by atoms with E-state index in [0.29, 0.717) is 26.2 Å². The lowest BCUT2D eigenvalue weighted by molar-refractivity contribution is -0.139. The lowest BCUT2D eigenvalue weighted by Gasteiger charge is -2.33. The Morgan fingerprint density at radius 3 is 2.57 bits per heavy atom. The van der Waals surface area contributed by atoms with Gasteiger partial charge in [-0.1, -0.05) is 37.3 Å². The van der Waals surface area contributed by atoms with Gasteiger partial charge in [-0.3, -0.25) is 14.5 Å². The van der Waals surface area contributed by atoms with Crippen LogP contribution in [-0.4, -0.2) is 56.0 Å². The van der Waals surface area contributed by atoms with Gasteiger partial charge in [-0.25, -0.2) is 0 Å². The first kappa shape index (κ1) is 17.4. The van der Waals surface area contributed by atoms with E-state index in [1.807, 2.05) is 25.1 Å². The van der Waals surface area contributed by atoms with E-state index in [1.165, 1.54) is 5.56 Å². The van der Waals surface area contributed by atoms with E-state index in [4.69, 9.17) is 4.74 Å². The molecule has 1 unspecified atom stereocenters. The molecule has 6 nitrogen and oxygen atoms in total. The molecule has 0 aliphatic carbocycles. The Labute approximate surface area is 137 Å². The maximum absolute atomic E-state index is 11.6. The second kappa shape index (κ2) is 9.27. The second-order valence-electron chi connectivity index (χ2n) is 5.58. The molecule has 1 aromatic rings. The lowest BCUT2D eigenvalue weighted by atomic mass is 10.1. The number of rotatable bonds is 6. The van der Waals surface area contributed by atoms with Gasteiger partial charge in [0.2, 0.25) is 0 Å². The first-order chi connectivity index (χ1) is 11.2. The smallest absolute Gasteiger partial charge is 0.309 e. The summed E-state index contributed by atoms with van der Waals surface area (Å²) in [7, 11) is 0. The van der Waals surface area contributed by atoms with Crippen LogP contribution in [0.15, 0.2) is 30.3 Å². The summed E-state index contributed by atoms with van der Waals surface area (Å²) >= 11 is 0. The van der Waals surface area contributed by atoms with Crippen LogP contribution in [-0.2, 0) is 14.3 Å². The fourth-order valence-electron chi connectivity index (χ4n) is 2.50. The maximum atomic E-state index is 11.6. The van der Waals surface area contributed by atoms with Crippen LogP contribution in [0, 0.1) is 0 Å². The van der Waals surface area contributed by atoms with Crippen LogP contribution in [0.1, 0.15) is 25.0 Å². The van der Waals surface area contributed by atoms with E-state index in [2.05, 4.69) is 27.7 Å². The molecule has 126 valence electrons. The zero-order chi connectivity index (χ0) is 16.5. The molecule has 1 saturated heterocycles. The van der Waals surface area contributed by atoms with Gasteiger partial charge in [0.25, 0.3) is 0 Å². The monoisotopic (exact) mass is 319 g/mol. The summed E-state index contributed by atoms with van der Waals surface area (Å²) in [6.07, 6.45) is 0.877. The van der Waals surface area contributed by atoms with Crippen LogP contribution in [0.25, 0.3) is 0 Å². The normalized spacial score (nSPS) is 18.4. The summed E-state index contributed by atoms with van der Waals surface area (Å²) in [6, 6.07) is 10.1. The number of morpholine rings is 1. The molecule has 23 heavy (non-hydrogen) atoms. The van der Waals surface area contributed by atoms with Gasteiger partial charge < -0.3 is 15.4 Å². The number of carbonyl (C=O) groups is 2. The largest absolute Gasteiger partial charge is 0.371 e. The highest BCUT2D eigenvalue weighted by atomic mass is 16.5. The second-order valence-corrected chi connectivity index (χ2v) is 5.58. The van der Waals surface area contributed by atoms with Gasteiger partial charge in [-0.2, -0.15) is 0 Å². The van der Waals surface area contributed by atoms with Crippen LogP contribution in [0.4, 0.5) is 0 Å². The standard InChI is InChI=1S/C17H25N3O3/c1-2-8-18-16(21)17(22)19-9-10-20-11-12-23-15(13-20)14-6-4-3-5-7-14/h3-7,15H,2,8-13H2,1H3,(H,18,21)(H,19,22). The minimum atomic E-state index is -0.564. The van der Waals surface area contributed by atoms with Crippen molar-refractivity contribution >= 4 is 11.8 Å². The fraction of sp³-hybridized carbons (Fsp3) is 0.529. The number of hydrogen-bond acceptors (Lipinski definition) is 4. The zero-order valence-corrected chi connectivity index (χ0v) is 13.6. The summed E-state index contributed by atoms with van der Waals surface area (Å²) in [4.78, 5) is 25.3. The first-order valence-electron chi connectivity index (χ1n) is 8.15. The van der Waals surface area contributed by atoms with Crippen molar-refractivity contribution in [2.24, 2.45) is 0 Å². The Morgan fingerprint density at radius 1 is 1.17 bits per heavy atom. The van der Waals surface area contributed by atoms with E-state index in [0.717, 1.165) is 19.5 Å². The predicted octanol–water partition coefficient (Wildman–Crippen LogP) is 0.702. The summed E-state index contributed by atoms with van der Waals surface area (Å²) in [5.74, 6) is -1.12. The van der Waals surface area contributed by atoms with Crippen molar-refractivity contribution in [3.05, 3.63) is 35.9 Å². The Balaban J connectivity index is 1.71. The van der Waals surface area contributed by atoms with Gasteiger partial charge in [-0.15, -0.1) is 0 Å². The topological polar surface area (TPSA) is 70.7 Å². The van der Waals surface area contributed by atoms with Crippen LogP contribution in [0.3, 0.4) is 0 Å². The summed E-state index contributed by atoms with van der Waals surface area (Å²) < 4.78 is 5.81. The van der Waals surface area contributed by atoms with Crippen molar-refractivity contribution < 1.29 is 14.3 Å². The van der Waals surface area contributed by atoms with Gasteiger partial charge in [0, 0.05) is 32.7 Å². The third kappa shape index (κ3) is 5.65. The summed E-state index contributed by atoms with van der Waals surface area (Å²) in [5, 5.41) is 5.22. The predicted molar refractivity (Wildman–Crippen MR) is 87.9 cm³/mol. The number of ether oxygens (including phenoxy) is 1. The number of amides is 2. The fourth-order valence-corrected chi connectivity index (χ4v) is 2.50. The van der Waals surface area contributed by atoms with Gasteiger partial charge in [0.05, 0.1) is 12.7 Å². The minimum absolute atomic E-state index is 0.0634. The number of nitrogens with zero attached hydrogens (tertiary/aromatic N) is 1. The number of hydrogen-bond donors (Lipinski definition) is 2. The van der Waals surface area contributed by atoms with Crippen molar-refractivity contribution in [3.8, 4) is 0 Å². The Morgan fingerprint density at radius 2 is 1.87 bits per heavy atom. The molecule has 6 heteroatoms. The average Bonchev–Trinajstić information content (AvgIpc) is 2.60. The Hall–Kier alpha value is -1.92. The van der Waals surface area contributed by atoms with Crippen LogP contribution < -0.4 is 10.6 Å². The van der Waals surface area contributed by atoms with Gasteiger partial charge in [0.15, 0.2) is 0 Å². The summed E-state index contributed by atoms with van der Waals surface area (Å²) in [5.41, 5.74) is 1.17. The maximum Gasteiger partial charge on any atom is 0.309 e. The average molecular weight is 319 g/mol. The molecule has 2 rings (SSSR count). The minimum Gasteiger partial charge on any atom is -0.371 e. The molecule has 1 fully saturated rings. The highest BCUT2D eigenvalue weighted by Gasteiger charge is 2.21. The molecular formula is C17H25N3O3. The van der Waals surface area contributed by atoms with E-state index >= 15 is 0 Å². The SMILES string of the molecule is CCCNC(=O)C(=O)NCCN1CCOC(c2ccccc2)C1. The highest BCUT2D eigenvalue weighted by Crippen LogP contribution is 2.21. The third-order valence-electron chi connectivity index (χ3n) is 3.78. The van der Waals surface area contributed by atoms with Gasteiger partial charge in [0.1, 0.15) is 0 Å². The molecular weight excluding hydrogens is 294 g/mol.